The van der Waals surface area contributed by atoms with E-state index in [2.05, 4.69) is 44.6 Å². The minimum absolute atomic E-state index is 0.202. The van der Waals surface area contributed by atoms with Gasteiger partial charge in [0, 0.05) is 26.2 Å². The van der Waals surface area contributed by atoms with Crippen LogP contribution in [-0.2, 0) is 16.1 Å². The molecule has 1 aliphatic heterocycles. The maximum atomic E-state index is 11.9. The maximum Gasteiger partial charge on any atom is 0.265 e. The highest BCUT2D eigenvalue weighted by atomic mass is 79.9. The summed E-state index contributed by atoms with van der Waals surface area (Å²) < 4.78 is 11.2. The van der Waals surface area contributed by atoms with Gasteiger partial charge in [-0.2, -0.15) is 0 Å². The lowest BCUT2D eigenvalue weighted by molar-refractivity contribution is -0.0446. The predicted molar refractivity (Wildman–Crippen MR) is 78.7 cm³/mol. The first kappa shape index (κ1) is 15.6. The van der Waals surface area contributed by atoms with Crippen LogP contribution in [0.2, 0.25) is 0 Å². The molecule has 0 aliphatic carbocycles. The summed E-state index contributed by atoms with van der Waals surface area (Å²) in [5, 5.41) is 0. The topological polar surface area (TPSA) is 67.5 Å². The lowest BCUT2D eigenvalue weighted by atomic mass is 10.2. The van der Waals surface area contributed by atoms with Crippen molar-refractivity contribution in [3.63, 3.8) is 0 Å². The smallest absolute Gasteiger partial charge is 0.265 e. The number of nitrogens with one attached hydrogen (secondary N) is 1. The quantitative estimate of drug-likeness (QED) is 0.894. The Labute approximate surface area is 126 Å². The third-order valence-corrected chi connectivity index (χ3v) is 4.18. The molecule has 0 bridgehead atoms. The zero-order chi connectivity index (χ0) is 14.7. The normalized spacial score (nSPS) is 20.6. The van der Waals surface area contributed by atoms with Gasteiger partial charge in [-0.3, -0.25) is 9.69 Å². The van der Waals surface area contributed by atoms with E-state index in [0.29, 0.717) is 28.6 Å². The number of aromatic nitrogens is 2. The highest BCUT2D eigenvalue weighted by Gasteiger charge is 2.26. The number of rotatable bonds is 4. The Hall–Kier alpha value is -0.760. The number of nitrogens with zero attached hydrogens (tertiary/aromatic N) is 2. The molecular weight excluding hydrogens is 326 g/mol. The molecule has 1 aromatic rings. The maximum absolute atomic E-state index is 11.9. The molecule has 7 heteroatoms. The molecular formula is C13H20BrN3O3. The molecule has 2 heterocycles. The van der Waals surface area contributed by atoms with Crippen LogP contribution in [0, 0.1) is 0 Å². The van der Waals surface area contributed by atoms with E-state index in [1.165, 1.54) is 0 Å². The second kappa shape index (κ2) is 6.80. The van der Waals surface area contributed by atoms with Crippen LogP contribution in [0.3, 0.4) is 0 Å². The molecule has 1 atom stereocenters. The lowest BCUT2D eigenvalue weighted by Crippen LogP contribution is -2.43. The molecule has 1 aliphatic rings. The first-order valence-electron chi connectivity index (χ1n) is 6.66. The largest absolute Gasteiger partial charge is 0.378 e. The van der Waals surface area contributed by atoms with Gasteiger partial charge in [-0.05, 0) is 29.8 Å². The summed E-state index contributed by atoms with van der Waals surface area (Å²) in [6, 6.07) is 0.446. The number of methoxy groups -OCH3 is 1. The number of morpholine rings is 1. The monoisotopic (exact) mass is 345 g/mol. The van der Waals surface area contributed by atoms with Crippen LogP contribution in [-0.4, -0.2) is 47.7 Å². The van der Waals surface area contributed by atoms with Gasteiger partial charge in [0.05, 0.1) is 18.9 Å². The molecule has 0 saturated carbocycles. The fourth-order valence-corrected chi connectivity index (χ4v) is 2.52. The van der Waals surface area contributed by atoms with Gasteiger partial charge in [0.1, 0.15) is 16.4 Å². The Balaban J connectivity index is 2.26. The molecule has 0 radical (unpaired) electrons. The van der Waals surface area contributed by atoms with Crippen LogP contribution in [0.25, 0.3) is 0 Å². The molecule has 1 aromatic heterocycles. The van der Waals surface area contributed by atoms with Crippen LogP contribution < -0.4 is 5.56 Å². The van der Waals surface area contributed by atoms with Gasteiger partial charge in [-0.1, -0.05) is 0 Å². The SMILES string of the molecule is COCc1nc(C2CN(C(C)C)CCO2)[nH]c(=O)c1Br. The van der Waals surface area contributed by atoms with E-state index in [0.717, 1.165) is 13.1 Å². The zero-order valence-electron chi connectivity index (χ0n) is 12.0. The van der Waals surface area contributed by atoms with Gasteiger partial charge in [-0.15, -0.1) is 0 Å². The van der Waals surface area contributed by atoms with Crippen molar-refractivity contribution >= 4 is 15.9 Å². The van der Waals surface area contributed by atoms with E-state index in [4.69, 9.17) is 9.47 Å². The summed E-state index contributed by atoms with van der Waals surface area (Å²) in [5.41, 5.74) is 0.392. The molecule has 1 fully saturated rings. The average Bonchev–Trinajstić information content (AvgIpc) is 2.44. The van der Waals surface area contributed by atoms with E-state index in [9.17, 15) is 4.79 Å². The van der Waals surface area contributed by atoms with Crippen molar-refractivity contribution in [2.45, 2.75) is 32.6 Å². The van der Waals surface area contributed by atoms with Crippen molar-refractivity contribution in [3.05, 3.63) is 26.3 Å². The lowest BCUT2D eigenvalue weighted by Gasteiger charge is -2.35. The van der Waals surface area contributed by atoms with Crippen molar-refractivity contribution in [1.29, 1.82) is 0 Å². The molecule has 2 rings (SSSR count). The third-order valence-electron chi connectivity index (χ3n) is 3.36. The number of hydrogen-bond acceptors (Lipinski definition) is 5. The Morgan fingerprint density at radius 3 is 3.00 bits per heavy atom. The summed E-state index contributed by atoms with van der Waals surface area (Å²) in [6.07, 6.45) is -0.206. The number of hydrogen-bond donors (Lipinski definition) is 1. The Morgan fingerprint density at radius 1 is 1.60 bits per heavy atom. The van der Waals surface area contributed by atoms with Crippen LogP contribution in [0.1, 0.15) is 31.5 Å². The second-order valence-electron chi connectivity index (χ2n) is 5.09. The molecule has 6 nitrogen and oxygen atoms in total. The van der Waals surface area contributed by atoms with Gasteiger partial charge >= 0.3 is 0 Å². The summed E-state index contributed by atoms with van der Waals surface area (Å²) in [7, 11) is 1.58. The fraction of sp³-hybridized carbons (Fsp3) is 0.692. The summed E-state index contributed by atoms with van der Waals surface area (Å²) in [6.45, 7) is 6.86. The summed E-state index contributed by atoms with van der Waals surface area (Å²) in [4.78, 5) is 21.5. The van der Waals surface area contributed by atoms with Gasteiger partial charge in [0.15, 0.2) is 0 Å². The van der Waals surface area contributed by atoms with Crippen molar-refractivity contribution in [2.24, 2.45) is 0 Å². The Bertz CT molecular complexity index is 518. The molecule has 1 saturated heterocycles. The van der Waals surface area contributed by atoms with Gasteiger partial charge in [-0.25, -0.2) is 4.98 Å². The average molecular weight is 346 g/mol. The van der Waals surface area contributed by atoms with E-state index in [1.54, 1.807) is 7.11 Å². The number of aromatic amines is 1. The fourth-order valence-electron chi connectivity index (χ4n) is 2.21. The highest BCUT2D eigenvalue weighted by molar-refractivity contribution is 9.10. The molecule has 1 N–H and O–H groups in total. The number of H-pyrrole nitrogens is 1. The summed E-state index contributed by atoms with van der Waals surface area (Å²) in [5.74, 6) is 0.565. The summed E-state index contributed by atoms with van der Waals surface area (Å²) >= 11 is 3.24. The number of halogens is 1. The van der Waals surface area contributed by atoms with E-state index < -0.39 is 0 Å². The van der Waals surface area contributed by atoms with E-state index in [1.807, 2.05) is 0 Å². The number of ether oxygens (including phenoxy) is 2. The predicted octanol–water partition coefficient (Wildman–Crippen LogP) is 1.46. The van der Waals surface area contributed by atoms with Gasteiger partial charge in [0.25, 0.3) is 5.56 Å². The van der Waals surface area contributed by atoms with E-state index in [-0.39, 0.29) is 18.3 Å². The third kappa shape index (κ3) is 3.46. The molecule has 0 aromatic carbocycles. The molecule has 112 valence electrons. The molecule has 20 heavy (non-hydrogen) atoms. The Morgan fingerprint density at radius 2 is 2.35 bits per heavy atom. The molecule has 0 spiro atoms. The Kier molecular flexibility index (Phi) is 5.31. The van der Waals surface area contributed by atoms with Crippen LogP contribution in [0.4, 0.5) is 0 Å². The molecule has 1 unspecified atom stereocenters. The van der Waals surface area contributed by atoms with Crippen molar-refractivity contribution in [1.82, 2.24) is 14.9 Å². The van der Waals surface area contributed by atoms with Gasteiger partial charge in [0.2, 0.25) is 0 Å². The van der Waals surface area contributed by atoms with E-state index >= 15 is 0 Å². The van der Waals surface area contributed by atoms with Crippen LogP contribution >= 0.6 is 15.9 Å². The first-order valence-corrected chi connectivity index (χ1v) is 7.45. The molecule has 0 amide bonds. The van der Waals surface area contributed by atoms with Gasteiger partial charge < -0.3 is 14.5 Å². The zero-order valence-corrected chi connectivity index (χ0v) is 13.6. The highest BCUT2D eigenvalue weighted by Crippen LogP contribution is 2.21. The van der Waals surface area contributed by atoms with Crippen LogP contribution in [0.5, 0.6) is 0 Å². The van der Waals surface area contributed by atoms with Crippen molar-refractivity contribution < 1.29 is 9.47 Å². The van der Waals surface area contributed by atoms with Crippen LogP contribution in [0.15, 0.2) is 9.27 Å². The first-order chi connectivity index (χ1) is 9.52. The minimum atomic E-state index is -0.206. The standard InChI is InChI=1S/C13H20BrN3O3/c1-8(2)17-4-5-20-10(6-17)12-15-9(7-19-3)11(14)13(18)16-12/h8,10H,4-7H2,1-3H3,(H,15,16,18). The van der Waals surface area contributed by atoms with Crippen molar-refractivity contribution in [3.8, 4) is 0 Å². The van der Waals surface area contributed by atoms with Crippen molar-refractivity contribution in [2.75, 3.05) is 26.8 Å². The minimum Gasteiger partial charge on any atom is -0.378 e. The second-order valence-corrected chi connectivity index (χ2v) is 5.89.